The van der Waals surface area contributed by atoms with E-state index in [2.05, 4.69) is 52.9 Å². The molecule has 10 rings (SSSR count). The number of carbonyl (C=O) groups excluding carboxylic acids is 2. The number of nitrogens with zero attached hydrogens (tertiary/aromatic N) is 12. The molecule has 0 bridgehead atoms. The Morgan fingerprint density at radius 1 is 0.924 bits per heavy atom. The number of para-hydroxylation sites is 1. The Morgan fingerprint density at radius 2 is 1.71 bits per heavy atom. The highest BCUT2D eigenvalue weighted by Crippen LogP contribution is 2.35. The maximum Gasteiger partial charge on any atom is 0.410 e. The third kappa shape index (κ3) is 8.25. The van der Waals surface area contributed by atoms with Gasteiger partial charge in [-0.25, -0.2) is 33.2 Å². The number of piperazine rings is 1. The number of rotatable bonds is 11. The van der Waals surface area contributed by atoms with Gasteiger partial charge in [-0.15, -0.1) is 0 Å². The Kier molecular flexibility index (Phi) is 11.3. The molecule has 8 aromatic rings. The van der Waals surface area contributed by atoms with Crippen LogP contribution in [0.5, 0.6) is 11.5 Å². The van der Waals surface area contributed by atoms with Crippen molar-refractivity contribution in [1.29, 1.82) is 0 Å². The average Bonchev–Trinajstić information content (AvgIpc) is 4.07. The van der Waals surface area contributed by atoms with Gasteiger partial charge in [-0.1, -0.05) is 24.8 Å². The molecular formula is C44H40BrF2N15O4. The van der Waals surface area contributed by atoms with Crippen molar-refractivity contribution < 1.29 is 27.8 Å². The van der Waals surface area contributed by atoms with Crippen molar-refractivity contribution in [2.75, 3.05) is 61.8 Å². The summed E-state index contributed by atoms with van der Waals surface area (Å²) in [5.41, 5.74) is 9.29. The molecule has 19 nitrogen and oxygen atoms in total. The molecule has 2 aliphatic rings. The average molecular weight is 961 g/mol. The fourth-order valence-electron chi connectivity index (χ4n) is 8.12. The van der Waals surface area contributed by atoms with Crippen molar-refractivity contribution in [2.45, 2.75) is 25.4 Å². The number of aromatic amines is 1. The number of amides is 2. The molecule has 0 spiro atoms. The minimum Gasteiger partial charge on any atom is -0.457 e. The summed E-state index contributed by atoms with van der Waals surface area (Å²) in [6, 6.07) is 19.3. The highest BCUT2D eigenvalue weighted by molar-refractivity contribution is 9.10. The quantitative estimate of drug-likeness (QED) is 0.118. The molecule has 0 unspecified atom stereocenters. The summed E-state index contributed by atoms with van der Waals surface area (Å²) in [7, 11) is 0. The van der Waals surface area contributed by atoms with Crippen LogP contribution in [0, 0.1) is 11.6 Å². The van der Waals surface area contributed by atoms with Crippen molar-refractivity contribution in [3.05, 3.63) is 113 Å². The number of likely N-dealkylation sites (tertiary alicyclic amines) is 1. The normalized spacial score (nSPS) is 15.4. The second-order valence-electron chi connectivity index (χ2n) is 15.7. The standard InChI is InChI=1S/C44H40BrF2N15O4/c1-25(41(63)60-15-5-6-27(22-60)61-40-34(38(48)50-24-51-40)36(57-61)26-9-11-29(12-10-26)66-28-7-3-2-4-8-28)23-65-44(64)59-18-16-58(17-19-59)43-55-39-30(45)20-52-62(39)42(56-43)49-21-33-53-32-14-13-31(46)35(47)37(32)54-33/h2-4,7-14,20,24,27H,1,5-6,15-19,21-23H2,(H,53,54)(H2,48,50,51)(H,49,55,56)/t27-/m1/s1. The van der Waals surface area contributed by atoms with Crippen molar-refractivity contribution in [3.8, 4) is 22.8 Å². The highest BCUT2D eigenvalue weighted by Gasteiger charge is 2.31. The number of hydrogen-bond acceptors (Lipinski definition) is 14. The fourth-order valence-corrected chi connectivity index (χ4v) is 8.47. The number of nitrogens with one attached hydrogen (secondary N) is 2. The molecule has 1 atom stereocenters. The minimum absolute atomic E-state index is 0.0977. The van der Waals surface area contributed by atoms with E-state index in [1.54, 1.807) is 16.0 Å². The molecule has 4 N–H and O–H groups in total. The minimum atomic E-state index is -1.03. The number of nitrogens with two attached hydrogens (primary N) is 1. The van der Waals surface area contributed by atoms with Gasteiger partial charge in [0, 0.05) is 50.4 Å². The molecule has 3 aromatic carbocycles. The van der Waals surface area contributed by atoms with Gasteiger partial charge in [0.25, 0.3) is 5.91 Å². The third-order valence-electron chi connectivity index (χ3n) is 11.5. The molecule has 2 aliphatic heterocycles. The van der Waals surface area contributed by atoms with Gasteiger partial charge in [0.15, 0.2) is 22.9 Å². The Morgan fingerprint density at radius 3 is 2.52 bits per heavy atom. The van der Waals surface area contributed by atoms with Crippen LogP contribution >= 0.6 is 15.9 Å². The lowest BCUT2D eigenvalue weighted by Crippen LogP contribution is -2.49. The van der Waals surface area contributed by atoms with E-state index in [4.69, 9.17) is 30.3 Å². The number of carbonyl (C=O) groups is 2. The van der Waals surface area contributed by atoms with E-state index in [1.165, 1.54) is 16.9 Å². The number of anilines is 3. The Hall–Kier alpha value is -7.75. The number of benzene rings is 3. The second kappa shape index (κ2) is 17.7. The zero-order chi connectivity index (χ0) is 45.5. The maximum atomic E-state index is 14.3. The van der Waals surface area contributed by atoms with Crippen LogP contribution in [0.25, 0.3) is 39.0 Å². The van der Waals surface area contributed by atoms with Crippen LogP contribution in [0.15, 0.2) is 95.9 Å². The summed E-state index contributed by atoms with van der Waals surface area (Å²) >= 11 is 3.49. The largest absolute Gasteiger partial charge is 0.457 e. The van der Waals surface area contributed by atoms with Crippen LogP contribution in [0.4, 0.5) is 31.3 Å². The smallest absolute Gasteiger partial charge is 0.410 e. The summed E-state index contributed by atoms with van der Waals surface area (Å²) in [5, 5.41) is 13.1. The van der Waals surface area contributed by atoms with E-state index in [1.807, 2.05) is 64.2 Å². The van der Waals surface area contributed by atoms with Gasteiger partial charge in [0.2, 0.25) is 11.9 Å². The molecule has 0 radical (unpaired) electrons. The maximum absolute atomic E-state index is 14.3. The summed E-state index contributed by atoms with van der Waals surface area (Å²) < 4.78 is 43.6. The van der Waals surface area contributed by atoms with E-state index < -0.39 is 17.7 Å². The number of ether oxygens (including phenoxy) is 2. The molecule has 66 heavy (non-hydrogen) atoms. The Bertz CT molecular complexity index is 3140. The lowest BCUT2D eigenvalue weighted by molar-refractivity contribution is -0.129. The first-order valence-corrected chi connectivity index (χ1v) is 21.8. The number of imidazole rings is 1. The van der Waals surface area contributed by atoms with E-state index >= 15 is 0 Å². The van der Waals surface area contributed by atoms with Gasteiger partial charge in [-0.2, -0.15) is 24.7 Å². The predicted octanol–water partition coefficient (Wildman–Crippen LogP) is 6.51. The topological polar surface area (TPSA) is 216 Å². The first kappa shape index (κ1) is 42.2. The molecule has 2 amide bonds. The molecule has 336 valence electrons. The molecule has 0 saturated carbocycles. The SMILES string of the molecule is C=C(COC(=O)N1CCN(c2nc(NCc3nc4c(F)c(F)ccc4[nH]3)n3ncc(Br)c3n2)CC1)C(=O)N1CCC[C@@H](n2nc(-c3ccc(Oc4ccccc4)cc3)c3c(N)ncnc32)C1. The molecule has 2 fully saturated rings. The van der Waals surface area contributed by atoms with E-state index in [-0.39, 0.29) is 36.2 Å². The lowest BCUT2D eigenvalue weighted by atomic mass is 10.0. The predicted molar refractivity (Wildman–Crippen MR) is 243 cm³/mol. The van der Waals surface area contributed by atoms with Crippen molar-refractivity contribution in [3.63, 3.8) is 0 Å². The summed E-state index contributed by atoms with van der Waals surface area (Å²) in [6.45, 7) is 6.00. The van der Waals surface area contributed by atoms with E-state index in [9.17, 15) is 18.4 Å². The van der Waals surface area contributed by atoms with Crippen LogP contribution in [-0.2, 0) is 16.1 Å². The van der Waals surface area contributed by atoms with Crippen LogP contribution in [-0.4, -0.2) is 117 Å². The first-order chi connectivity index (χ1) is 32.1. The molecule has 5 aromatic heterocycles. The van der Waals surface area contributed by atoms with Crippen molar-refractivity contribution in [2.24, 2.45) is 0 Å². The van der Waals surface area contributed by atoms with E-state index in [0.717, 1.165) is 23.8 Å². The zero-order valence-electron chi connectivity index (χ0n) is 35.1. The van der Waals surface area contributed by atoms with Crippen LogP contribution < -0.4 is 20.7 Å². The lowest BCUT2D eigenvalue weighted by Gasteiger charge is -2.34. The monoisotopic (exact) mass is 959 g/mol. The van der Waals surface area contributed by atoms with Gasteiger partial charge >= 0.3 is 6.09 Å². The summed E-state index contributed by atoms with van der Waals surface area (Å²) in [4.78, 5) is 57.6. The molecule has 7 heterocycles. The van der Waals surface area contributed by atoms with Gasteiger partial charge in [-0.3, -0.25) is 4.79 Å². The number of aromatic nitrogens is 10. The van der Waals surface area contributed by atoms with Gasteiger partial charge in [-0.05, 0) is 77.3 Å². The van der Waals surface area contributed by atoms with Crippen LogP contribution in [0.2, 0.25) is 0 Å². The van der Waals surface area contributed by atoms with E-state index in [0.29, 0.717) is 107 Å². The van der Waals surface area contributed by atoms with Crippen molar-refractivity contribution in [1.82, 2.24) is 59.1 Å². The van der Waals surface area contributed by atoms with Crippen molar-refractivity contribution >= 4 is 73.4 Å². The molecule has 2 saturated heterocycles. The number of hydrogen-bond donors (Lipinski definition) is 3. The summed E-state index contributed by atoms with van der Waals surface area (Å²) in [5.74, 6) is 0.426. The first-order valence-electron chi connectivity index (χ1n) is 21.0. The van der Waals surface area contributed by atoms with Crippen LogP contribution in [0.3, 0.4) is 0 Å². The summed E-state index contributed by atoms with van der Waals surface area (Å²) in [6.07, 6.45) is 3.86. The highest BCUT2D eigenvalue weighted by atomic mass is 79.9. The molecule has 0 aliphatic carbocycles. The van der Waals surface area contributed by atoms with Gasteiger partial charge < -0.3 is 40.2 Å². The number of nitrogen functional groups attached to an aromatic ring is 1. The number of fused-ring (bicyclic) bond motifs is 3. The number of piperidine rings is 1. The molecule has 22 heteroatoms. The number of halogens is 3. The number of H-pyrrole nitrogens is 1. The second-order valence-corrected chi connectivity index (χ2v) is 16.6. The fraction of sp³-hybridized carbons (Fsp3) is 0.250. The Balaban J connectivity index is 0.750. The van der Waals surface area contributed by atoms with Gasteiger partial charge in [0.1, 0.15) is 47.3 Å². The van der Waals surface area contributed by atoms with Gasteiger partial charge in [0.05, 0.1) is 34.2 Å². The zero-order valence-corrected chi connectivity index (χ0v) is 36.7. The third-order valence-corrected chi connectivity index (χ3v) is 12.0. The van der Waals surface area contributed by atoms with Crippen LogP contribution in [0.1, 0.15) is 24.7 Å². The molecular weight excluding hydrogens is 920 g/mol. The Labute approximate surface area is 382 Å².